The van der Waals surface area contributed by atoms with Crippen molar-refractivity contribution < 1.29 is 9.90 Å². The van der Waals surface area contributed by atoms with Gasteiger partial charge in [-0.1, -0.05) is 62.2 Å². The standard InChI is InChI=1S/C16H14Br2N2O2/c1-10-13(17)7-11(8-14(10)18)9-19-20-16(22)15(21)12-5-3-2-4-6-12/h2-9,15,21H,1H3,(H,20,22). The molecule has 0 heterocycles. The number of benzene rings is 2. The molecule has 2 rings (SSSR count). The summed E-state index contributed by atoms with van der Waals surface area (Å²) in [6, 6.07) is 12.5. The first kappa shape index (κ1) is 16.9. The van der Waals surface area contributed by atoms with Crippen LogP contribution in [0.1, 0.15) is 22.8 Å². The van der Waals surface area contributed by atoms with Gasteiger partial charge in [0.1, 0.15) is 0 Å². The Labute approximate surface area is 145 Å². The van der Waals surface area contributed by atoms with Crippen LogP contribution in [0.25, 0.3) is 0 Å². The minimum absolute atomic E-state index is 0.524. The van der Waals surface area contributed by atoms with Gasteiger partial charge in [0.05, 0.1) is 6.21 Å². The molecular weight excluding hydrogens is 412 g/mol. The van der Waals surface area contributed by atoms with Crippen LogP contribution in [0.5, 0.6) is 0 Å². The van der Waals surface area contributed by atoms with Crippen molar-refractivity contribution in [3.8, 4) is 0 Å². The number of rotatable bonds is 4. The zero-order valence-corrected chi connectivity index (χ0v) is 14.9. The van der Waals surface area contributed by atoms with Crippen LogP contribution in [0.2, 0.25) is 0 Å². The molecule has 0 aromatic heterocycles. The van der Waals surface area contributed by atoms with Crippen LogP contribution >= 0.6 is 31.9 Å². The Hall–Kier alpha value is -1.50. The molecule has 1 atom stereocenters. The number of aliphatic hydroxyl groups is 1. The van der Waals surface area contributed by atoms with Crippen molar-refractivity contribution in [2.24, 2.45) is 5.10 Å². The number of nitrogens with zero attached hydrogens (tertiary/aromatic N) is 1. The zero-order chi connectivity index (χ0) is 16.1. The Balaban J connectivity index is 2.02. The number of hydrazone groups is 1. The topological polar surface area (TPSA) is 61.7 Å². The van der Waals surface area contributed by atoms with Gasteiger partial charge >= 0.3 is 0 Å². The van der Waals surface area contributed by atoms with Gasteiger partial charge in [0.25, 0.3) is 5.91 Å². The van der Waals surface area contributed by atoms with E-state index in [4.69, 9.17) is 0 Å². The SMILES string of the molecule is Cc1c(Br)cc(C=NNC(=O)C(O)c2ccccc2)cc1Br. The van der Waals surface area contributed by atoms with E-state index in [0.29, 0.717) is 5.56 Å². The second-order valence-corrected chi connectivity index (χ2v) is 6.37. The third-order valence-electron chi connectivity index (χ3n) is 3.06. The second-order valence-electron chi connectivity index (χ2n) is 4.66. The minimum atomic E-state index is -1.24. The zero-order valence-electron chi connectivity index (χ0n) is 11.8. The highest BCUT2D eigenvalue weighted by atomic mass is 79.9. The molecule has 22 heavy (non-hydrogen) atoms. The van der Waals surface area contributed by atoms with Gasteiger partial charge in [-0.25, -0.2) is 5.43 Å². The molecule has 0 aliphatic carbocycles. The molecule has 0 saturated carbocycles. The van der Waals surface area contributed by atoms with E-state index < -0.39 is 12.0 Å². The Morgan fingerprint density at radius 2 is 1.82 bits per heavy atom. The van der Waals surface area contributed by atoms with Crippen molar-refractivity contribution in [2.75, 3.05) is 0 Å². The first-order valence-corrected chi connectivity index (χ1v) is 8.09. The maximum atomic E-state index is 11.8. The van der Waals surface area contributed by atoms with E-state index >= 15 is 0 Å². The van der Waals surface area contributed by atoms with Gasteiger partial charge in [0.2, 0.25) is 0 Å². The molecule has 4 nitrogen and oxygen atoms in total. The van der Waals surface area contributed by atoms with Gasteiger partial charge in [-0.05, 0) is 35.7 Å². The molecule has 6 heteroatoms. The lowest BCUT2D eigenvalue weighted by molar-refractivity contribution is -0.129. The first-order chi connectivity index (χ1) is 10.5. The number of hydrogen-bond acceptors (Lipinski definition) is 3. The number of amides is 1. The number of halogens is 2. The highest BCUT2D eigenvalue weighted by Crippen LogP contribution is 2.25. The summed E-state index contributed by atoms with van der Waals surface area (Å²) in [6.45, 7) is 1.98. The average molecular weight is 426 g/mol. The van der Waals surface area contributed by atoms with Crippen LogP contribution in [0.15, 0.2) is 56.5 Å². The van der Waals surface area contributed by atoms with E-state index in [1.54, 1.807) is 24.3 Å². The molecule has 114 valence electrons. The van der Waals surface area contributed by atoms with E-state index in [-0.39, 0.29) is 0 Å². The van der Waals surface area contributed by atoms with Crippen LogP contribution in [0.4, 0.5) is 0 Å². The first-order valence-electron chi connectivity index (χ1n) is 6.50. The number of carbonyl (C=O) groups excluding carboxylic acids is 1. The third kappa shape index (κ3) is 4.25. The number of carbonyl (C=O) groups is 1. The summed E-state index contributed by atoms with van der Waals surface area (Å²) >= 11 is 6.91. The van der Waals surface area contributed by atoms with Crippen LogP contribution in [0.3, 0.4) is 0 Å². The van der Waals surface area contributed by atoms with Crippen molar-refractivity contribution in [3.05, 3.63) is 68.1 Å². The van der Waals surface area contributed by atoms with Crippen molar-refractivity contribution in [1.82, 2.24) is 5.43 Å². The molecule has 0 radical (unpaired) electrons. The fourth-order valence-corrected chi connectivity index (χ4v) is 2.98. The van der Waals surface area contributed by atoms with E-state index in [1.165, 1.54) is 6.21 Å². The van der Waals surface area contributed by atoms with E-state index in [9.17, 15) is 9.90 Å². The maximum absolute atomic E-state index is 11.8. The summed E-state index contributed by atoms with van der Waals surface area (Å²) in [5.74, 6) is -0.576. The fourth-order valence-electron chi connectivity index (χ4n) is 1.76. The van der Waals surface area contributed by atoms with Crippen LogP contribution < -0.4 is 5.43 Å². The lowest BCUT2D eigenvalue weighted by Gasteiger charge is -2.08. The summed E-state index contributed by atoms with van der Waals surface area (Å²) in [6.07, 6.45) is 0.278. The quantitative estimate of drug-likeness (QED) is 0.579. The molecule has 0 saturated heterocycles. The van der Waals surface area contributed by atoms with E-state index in [0.717, 1.165) is 20.1 Å². The summed E-state index contributed by atoms with van der Waals surface area (Å²) in [4.78, 5) is 11.8. The van der Waals surface area contributed by atoms with Gasteiger partial charge in [0, 0.05) is 8.95 Å². The maximum Gasteiger partial charge on any atom is 0.273 e. The lowest BCUT2D eigenvalue weighted by atomic mass is 10.1. The van der Waals surface area contributed by atoms with Crippen molar-refractivity contribution in [2.45, 2.75) is 13.0 Å². The number of hydrogen-bond donors (Lipinski definition) is 2. The average Bonchev–Trinajstić information content (AvgIpc) is 2.52. The summed E-state index contributed by atoms with van der Waals surface area (Å²) < 4.78 is 1.89. The Kier molecular flexibility index (Phi) is 5.88. The Morgan fingerprint density at radius 3 is 2.41 bits per heavy atom. The predicted molar refractivity (Wildman–Crippen MR) is 93.7 cm³/mol. The largest absolute Gasteiger partial charge is 0.378 e. The Bertz CT molecular complexity index is 680. The number of nitrogens with one attached hydrogen (secondary N) is 1. The molecule has 1 unspecified atom stereocenters. The molecule has 0 aliphatic heterocycles. The van der Waals surface area contributed by atoms with Crippen LogP contribution in [0, 0.1) is 6.92 Å². The van der Waals surface area contributed by atoms with E-state index in [2.05, 4.69) is 42.4 Å². The number of aliphatic hydroxyl groups excluding tert-OH is 1. The minimum Gasteiger partial charge on any atom is -0.378 e. The van der Waals surface area contributed by atoms with Gasteiger partial charge in [-0.2, -0.15) is 5.10 Å². The molecule has 0 bridgehead atoms. The molecule has 0 spiro atoms. The van der Waals surface area contributed by atoms with Gasteiger partial charge in [0.15, 0.2) is 6.10 Å². The summed E-state index contributed by atoms with van der Waals surface area (Å²) in [5, 5.41) is 13.8. The lowest BCUT2D eigenvalue weighted by Crippen LogP contribution is -2.25. The Morgan fingerprint density at radius 1 is 1.23 bits per heavy atom. The molecule has 1 amide bonds. The van der Waals surface area contributed by atoms with Gasteiger partial charge in [-0.3, -0.25) is 4.79 Å². The summed E-state index contributed by atoms with van der Waals surface area (Å²) in [7, 11) is 0. The molecule has 0 aliphatic rings. The smallest absolute Gasteiger partial charge is 0.273 e. The molecule has 0 fully saturated rings. The second kappa shape index (κ2) is 7.67. The van der Waals surface area contributed by atoms with Gasteiger partial charge in [-0.15, -0.1) is 0 Å². The molecule has 2 aromatic carbocycles. The van der Waals surface area contributed by atoms with Crippen molar-refractivity contribution >= 4 is 44.0 Å². The van der Waals surface area contributed by atoms with Crippen LogP contribution in [-0.4, -0.2) is 17.2 Å². The highest BCUT2D eigenvalue weighted by molar-refractivity contribution is 9.11. The normalized spacial score (nSPS) is 12.4. The van der Waals surface area contributed by atoms with Gasteiger partial charge < -0.3 is 5.11 Å². The fraction of sp³-hybridized carbons (Fsp3) is 0.125. The van der Waals surface area contributed by atoms with Crippen LogP contribution in [-0.2, 0) is 4.79 Å². The highest BCUT2D eigenvalue weighted by Gasteiger charge is 2.15. The predicted octanol–water partition coefficient (Wildman–Crippen LogP) is 3.70. The monoisotopic (exact) mass is 424 g/mol. The molecule has 2 aromatic rings. The van der Waals surface area contributed by atoms with Crippen molar-refractivity contribution in [3.63, 3.8) is 0 Å². The molecule has 2 N–H and O–H groups in total. The van der Waals surface area contributed by atoms with Crippen molar-refractivity contribution in [1.29, 1.82) is 0 Å². The molecular formula is C16H14Br2N2O2. The summed E-state index contributed by atoms with van der Waals surface area (Å²) in [5.41, 5.74) is 4.76. The van der Waals surface area contributed by atoms with E-state index in [1.807, 2.05) is 25.1 Å². The third-order valence-corrected chi connectivity index (χ3v) is 4.70.